The highest BCUT2D eigenvalue weighted by molar-refractivity contribution is 5.91. The highest BCUT2D eigenvalue weighted by atomic mass is 19.1. The molecule has 2 amide bonds. The molecule has 5 nitrogen and oxygen atoms in total. The quantitative estimate of drug-likeness (QED) is 0.917. The van der Waals surface area contributed by atoms with Crippen molar-refractivity contribution in [2.45, 2.75) is 12.0 Å². The Kier molecular flexibility index (Phi) is 3.16. The van der Waals surface area contributed by atoms with Crippen molar-refractivity contribution >= 4 is 11.8 Å². The van der Waals surface area contributed by atoms with Crippen molar-refractivity contribution in [2.75, 3.05) is 11.5 Å². The molecular weight excluding hydrogens is 323 g/mol. The van der Waals surface area contributed by atoms with E-state index in [1.807, 2.05) is 0 Å². The third-order valence-corrected chi connectivity index (χ3v) is 4.47. The summed E-state index contributed by atoms with van der Waals surface area (Å²) < 4.78 is 46.4. The Balaban J connectivity index is 1.74. The first-order chi connectivity index (χ1) is 11.5. The molecule has 0 saturated heterocycles. The fourth-order valence-electron chi connectivity index (χ4n) is 3.40. The number of hydrogen-bond donors (Lipinski definition) is 1. The molecule has 0 unspecified atom stereocenters. The van der Waals surface area contributed by atoms with Crippen molar-refractivity contribution in [3.63, 3.8) is 0 Å². The molecule has 4 rings (SSSR count). The summed E-state index contributed by atoms with van der Waals surface area (Å²) in [5.74, 6) is -2.45. The molecule has 1 aliphatic heterocycles. The Morgan fingerprint density at radius 1 is 1.21 bits per heavy atom. The van der Waals surface area contributed by atoms with E-state index in [4.69, 9.17) is 10.5 Å². The van der Waals surface area contributed by atoms with Gasteiger partial charge in [0, 0.05) is 17.4 Å². The lowest BCUT2D eigenvalue weighted by Crippen LogP contribution is -2.39. The summed E-state index contributed by atoms with van der Waals surface area (Å²) in [5, 5.41) is 0. The van der Waals surface area contributed by atoms with E-state index in [1.54, 1.807) is 0 Å². The van der Waals surface area contributed by atoms with Crippen molar-refractivity contribution in [3.8, 4) is 5.75 Å². The van der Waals surface area contributed by atoms with Crippen LogP contribution in [0.25, 0.3) is 0 Å². The summed E-state index contributed by atoms with van der Waals surface area (Å²) in [6, 6.07) is 3.17. The summed E-state index contributed by atoms with van der Waals surface area (Å²) in [6.45, 7) is 0.133. The summed E-state index contributed by atoms with van der Waals surface area (Å²) in [6.07, 6.45) is 0.960. The van der Waals surface area contributed by atoms with Crippen molar-refractivity contribution in [1.82, 2.24) is 4.98 Å². The van der Waals surface area contributed by atoms with Crippen LogP contribution in [0.1, 0.15) is 11.5 Å². The molecular formula is C16H12F3N3O2. The number of carbonyl (C=O) groups excluding carboxylic acids is 1. The van der Waals surface area contributed by atoms with E-state index in [-0.39, 0.29) is 29.7 Å². The van der Waals surface area contributed by atoms with Gasteiger partial charge in [0.25, 0.3) is 0 Å². The van der Waals surface area contributed by atoms with Crippen LogP contribution in [-0.2, 0) is 0 Å². The van der Waals surface area contributed by atoms with Gasteiger partial charge in [0.05, 0.1) is 18.8 Å². The van der Waals surface area contributed by atoms with Crippen LogP contribution in [0.15, 0.2) is 30.5 Å². The van der Waals surface area contributed by atoms with Crippen LogP contribution >= 0.6 is 0 Å². The minimum atomic E-state index is -0.799. The van der Waals surface area contributed by atoms with Gasteiger partial charge in [0.2, 0.25) is 0 Å². The van der Waals surface area contributed by atoms with Crippen molar-refractivity contribution in [3.05, 3.63) is 53.5 Å². The minimum Gasteiger partial charge on any atom is -0.490 e. The monoisotopic (exact) mass is 335 g/mol. The average Bonchev–Trinajstić information content (AvgIpc) is 3.26. The average molecular weight is 335 g/mol. The van der Waals surface area contributed by atoms with Gasteiger partial charge in [-0.05, 0) is 24.3 Å². The summed E-state index contributed by atoms with van der Waals surface area (Å²) in [5.41, 5.74) is 5.54. The number of urea groups is 1. The largest absolute Gasteiger partial charge is 0.490 e. The fourth-order valence-corrected chi connectivity index (χ4v) is 3.40. The van der Waals surface area contributed by atoms with Gasteiger partial charge < -0.3 is 10.5 Å². The van der Waals surface area contributed by atoms with Gasteiger partial charge in [-0.2, -0.15) is 0 Å². The molecule has 2 aromatic rings. The summed E-state index contributed by atoms with van der Waals surface area (Å²) in [4.78, 5) is 16.9. The lowest BCUT2D eigenvalue weighted by atomic mass is 10.0. The summed E-state index contributed by atoms with van der Waals surface area (Å²) >= 11 is 0. The highest BCUT2D eigenvalue weighted by Crippen LogP contribution is 2.58. The Bertz CT molecular complexity index is 828. The number of rotatable bonds is 2. The third-order valence-electron chi connectivity index (χ3n) is 4.47. The van der Waals surface area contributed by atoms with E-state index in [0.29, 0.717) is 0 Å². The number of carbonyl (C=O) groups is 1. The Morgan fingerprint density at radius 3 is 2.62 bits per heavy atom. The van der Waals surface area contributed by atoms with Crippen molar-refractivity contribution < 1.29 is 22.7 Å². The topological polar surface area (TPSA) is 68.5 Å². The molecule has 0 radical (unpaired) electrons. The van der Waals surface area contributed by atoms with E-state index < -0.39 is 35.4 Å². The second-order valence-electron chi connectivity index (χ2n) is 5.81. The van der Waals surface area contributed by atoms with Gasteiger partial charge in [-0.25, -0.2) is 22.9 Å². The van der Waals surface area contributed by atoms with Crippen molar-refractivity contribution in [2.24, 2.45) is 11.7 Å². The van der Waals surface area contributed by atoms with E-state index in [0.717, 1.165) is 24.4 Å². The van der Waals surface area contributed by atoms with E-state index >= 15 is 0 Å². The van der Waals surface area contributed by atoms with Crippen molar-refractivity contribution in [1.29, 1.82) is 0 Å². The van der Waals surface area contributed by atoms with Crippen LogP contribution in [0, 0.1) is 23.4 Å². The molecule has 1 saturated carbocycles. The maximum atomic E-state index is 14.2. The number of anilines is 1. The molecule has 0 bridgehead atoms. The first kappa shape index (κ1) is 14.8. The van der Waals surface area contributed by atoms with Gasteiger partial charge >= 0.3 is 6.03 Å². The predicted molar refractivity (Wildman–Crippen MR) is 78.1 cm³/mol. The molecule has 124 valence electrons. The number of nitrogens with zero attached hydrogens (tertiary/aromatic N) is 2. The molecule has 1 aliphatic carbocycles. The maximum absolute atomic E-state index is 14.2. The number of hydrogen-bond acceptors (Lipinski definition) is 3. The predicted octanol–water partition coefficient (Wildman–Crippen LogP) is 2.56. The zero-order chi connectivity index (χ0) is 17.0. The number of ether oxygens (including phenoxy) is 1. The van der Waals surface area contributed by atoms with Crippen LogP contribution in [0.4, 0.5) is 23.8 Å². The first-order valence-corrected chi connectivity index (χ1v) is 7.30. The van der Waals surface area contributed by atoms with Gasteiger partial charge in [0.15, 0.2) is 11.6 Å². The van der Waals surface area contributed by atoms with Gasteiger partial charge in [-0.15, -0.1) is 0 Å². The van der Waals surface area contributed by atoms with E-state index in [9.17, 15) is 18.0 Å². The van der Waals surface area contributed by atoms with Gasteiger partial charge in [-0.3, -0.25) is 4.90 Å². The number of benzene rings is 1. The first-order valence-electron chi connectivity index (χ1n) is 7.30. The number of halogens is 3. The maximum Gasteiger partial charge on any atom is 0.320 e. The van der Waals surface area contributed by atoms with Crippen LogP contribution in [0.3, 0.4) is 0 Å². The second kappa shape index (κ2) is 5.12. The number of nitrogens with two attached hydrogens (primary N) is 1. The zero-order valence-electron chi connectivity index (χ0n) is 12.2. The number of primary amides is 1. The van der Waals surface area contributed by atoms with Crippen LogP contribution < -0.4 is 15.4 Å². The molecule has 1 aromatic carbocycles. The molecule has 2 heterocycles. The molecule has 8 heteroatoms. The molecule has 1 fully saturated rings. The molecule has 2 aliphatic rings. The van der Waals surface area contributed by atoms with E-state index in [2.05, 4.69) is 4.98 Å². The smallest absolute Gasteiger partial charge is 0.320 e. The van der Waals surface area contributed by atoms with Gasteiger partial charge in [-0.1, -0.05) is 0 Å². The zero-order valence-corrected chi connectivity index (χ0v) is 12.2. The Hall–Kier alpha value is -2.77. The van der Waals surface area contributed by atoms with Crippen LogP contribution in [0.5, 0.6) is 5.75 Å². The van der Waals surface area contributed by atoms with Gasteiger partial charge in [0.1, 0.15) is 17.5 Å². The molecule has 24 heavy (non-hydrogen) atoms. The molecule has 2 N–H and O–H groups in total. The number of fused-ring (bicyclic) bond motifs is 3. The fraction of sp³-hybridized carbons (Fsp3) is 0.250. The lowest BCUT2D eigenvalue weighted by Gasteiger charge is -2.19. The molecule has 0 spiro atoms. The third kappa shape index (κ3) is 2.10. The Morgan fingerprint density at radius 2 is 1.96 bits per heavy atom. The number of pyridine rings is 1. The van der Waals surface area contributed by atoms with Crippen LogP contribution in [-0.4, -0.2) is 23.7 Å². The lowest BCUT2D eigenvalue weighted by molar-refractivity contribution is 0.250. The number of amides is 2. The number of aromatic nitrogens is 1. The molecule has 3 atom stereocenters. The highest BCUT2D eigenvalue weighted by Gasteiger charge is 2.60. The van der Waals surface area contributed by atoms with E-state index in [1.165, 1.54) is 11.0 Å². The van der Waals surface area contributed by atoms with Crippen LogP contribution in [0.2, 0.25) is 0 Å². The summed E-state index contributed by atoms with van der Waals surface area (Å²) in [7, 11) is 0. The SMILES string of the molecule is NC(=O)N(c1ccc(F)cn1)[C@@H]1[C@H]2COc3c(F)ccc(F)c3[C@@H]21. The normalized spacial score (nSPS) is 23.7. The molecule has 1 aromatic heterocycles. The minimum absolute atomic E-state index is 0.101. The Labute approximate surface area is 134 Å². The second-order valence-corrected chi connectivity index (χ2v) is 5.81. The standard InChI is InChI=1S/C16H12F3N3O2/c17-7-1-4-11(21-5-7)22(16(20)23)14-8-6-24-15-10(19)3-2-9(18)13(15)12(8)14/h1-5,8,12,14H,6H2,(H2,20,23)/t8-,12+,14+/m0/s1.